The third-order valence-corrected chi connectivity index (χ3v) is 3.93. The van der Waals surface area contributed by atoms with Crippen molar-refractivity contribution < 1.29 is 0 Å². The molecule has 0 aliphatic carbocycles. The van der Waals surface area contributed by atoms with Gasteiger partial charge in [-0.25, -0.2) is 0 Å². The van der Waals surface area contributed by atoms with Crippen molar-refractivity contribution in [3.63, 3.8) is 0 Å². The average molecular weight is 228 g/mol. The zero-order valence-corrected chi connectivity index (χ0v) is 9.53. The highest BCUT2D eigenvalue weighted by molar-refractivity contribution is 7.11. The van der Waals surface area contributed by atoms with Gasteiger partial charge in [0, 0.05) is 17.0 Å². The Morgan fingerprint density at radius 1 is 1.36 bits per heavy atom. The van der Waals surface area contributed by atoms with Crippen LogP contribution in [0.1, 0.15) is 24.1 Å². The van der Waals surface area contributed by atoms with Crippen molar-refractivity contribution in [2.24, 2.45) is 0 Å². The molecule has 1 fully saturated rings. The first-order chi connectivity index (χ1) is 6.42. The number of hydrogen-bond donors (Lipinski definition) is 1. The molecule has 3 rings (SSSR count). The van der Waals surface area contributed by atoms with E-state index in [0.717, 1.165) is 6.04 Å². The predicted octanol–water partition coefficient (Wildman–Crippen LogP) is 3.08. The van der Waals surface area contributed by atoms with Crippen LogP contribution in [0.2, 0.25) is 0 Å². The van der Waals surface area contributed by atoms with Crippen LogP contribution in [0.3, 0.4) is 0 Å². The summed E-state index contributed by atoms with van der Waals surface area (Å²) in [5, 5.41) is 5.78. The zero-order chi connectivity index (χ0) is 8.67. The molecule has 3 heterocycles. The van der Waals surface area contributed by atoms with Gasteiger partial charge in [0.05, 0.1) is 0 Å². The van der Waals surface area contributed by atoms with E-state index in [2.05, 4.69) is 28.9 Å². The summed E-state index contributed by atoms with van der Waals surface area (Å²) in [5.41, 5.74) is 1.57. The fourth-order valence-corrected chi connectivity index (χ4v) is 3.13. The molecule has 0 radical (unpaired) electrons. The maximum Gasteiger partial charge on any atom is 0.0300 e. The molecule has 0 saturated carbocycles. The van der Waals surface area contributed by atoms with Crippen LogP contribution in [0.5, 0.6) is 0 Å². The predicted molar refractivity (Wildman–Crippen MR) is 64.1 cm³/mol. The van der Waals surface area contributed by atoms with Crippen molar-refractivity contribution in [2.75, 3.05) is 0 Å². The molecule has 1 saturated heterocycles. The fraction of sp³-hybridized carbons (Fsp3) is 0.455. The summed E-state index contributed by atoms with van der Waals surface area (Å²) in [6.07, 6.45) is 6.35. The van der Waals surface area contributed by atoms with Gasteiger partial charge < -0.3 is 5.32 Å². The van der Waals surface area contributed by atoms with Crippen molar-refractivity contribution in [3.8, 4) is 0 Å². The molecule has 0 aromatic carbocycles. The molecule has 76 valence electrons. The minimum absolute atomic E-state index is 0. The third kappa shape index (κ3) is 1.74. The van der Waals surface area contributed by atoms with Gasteiger partial charge in [0.25, 0.3) is 0 Å². The molecule has 2 bridgehead atoms. The normalized spacial score (nSPS) is 29.6. The fourth-order valence-electron chi connectivity index (χ4n) is 2.36. The van der Waals surface area contributed by atoms with Crippen LogP contribution in [0.4, 0.5) is 0 Å². The first-order valence-electron chi connectivity index (χ1n) is 4.92. The Bertz CT molecular complexity index is 331. The van der Waals surface area contributed by atoms with E-state index in [1.54, 1.807) is 5.57 Å². The van der Waals surface area contributed by atoms with Gasteiger partial charge in [-0.1, -0.05) is 12.1 Å². The second-order valence-corrected chi connectivity index (χ2v) is 4.87. The van der Waals surface area contributed by atoms with Gasteiger partial charge >= 0.3 is 0 Å². The summed E-state index contributed by atoms with van der Waals surface area (Å²) in [6.45, 7) is 0. The summed E-state index contributed by atoms with van der Waals surface area (Å²) < 4.78 is 0. The lowest BCUT2D eigenvalue weighted by molar-refractivity contribution is 0.575. The van der Waals surface area contributed by atoms with Gasteiger partial charge in [-0.05, 0) is 36.3 Å². The quantitative estimate of drug-likeness (QED) is 0.778. The first-order valence-corrected chi connectivity index (χ1v) is 5.80. The van der Waals surface area contributed by atoms with E-state index in [0.29, 0.717) is 6.04 Å². The SMILES string of the molecule is C1=C(c2cccs2)CC2CCC1N2.Cl. The first kappa shape index (κ1) is 10.2. The Balaban J connectivity index is 0.000000750. The Morgan fingerprint density at radius 3 is 3.00 bits per heavy atom. The lowest BCUT2D eigenvalue weighted by Gasteiger charge is -2.20. The monoisotopic (exact) mass is 227 g/mol. The molecule has 1 nitrogen and oxygen atoms in total. The van der Waals surface area contributed by atoms with Crippen LogP contribution in [0.25, 0.3) is 5.57 Å². The van der Waals surface area contributed by atoms with Gasteiger partial charge in [0.1, 0.15) is 0 Å². The van der Waals surface area contributed by atoms with Crippen LogP contribution in [0, 0.1) is 0 Å². The van der Waals surface area contributed by atoms with E-state index < -0.39 is 0 Å². The summed E-state index contributed by atoms with van der Waals surface area (Å²) in [7, 11) is 0. The second kappa shape index (κ2) is 4.05. The largest absolute Gasteiger partial charge is 0.307 e. The van der Waals surface area contributed by atoms with Crippen LogP contribution in [-0.4, -0.2) is 12.1 Å². The molecule has 1 aromatic rings. The summed E-state index contributed by atoms with van der Waals surface area (Å²) in [5.74, 6) is 0. The number of thiophene rings is 1. The number of fused-ring (bicyclic) bond motifs is 2. The molecule has 3 heteroatoms. The van der Waals surface area contributed by atoms with Crippen LogP contribution in [0.15, 0.2) is 23.6 Å². The highest BCUT2D eigenvalue weighted by atomic mass is 35.5. The van der Waals surface area contributed by atoms with Crippen molar-refractivity contribution >= 4 is 29.3 Å². The molecular weight excluding hydrogens is 214 g/mol. The van der Waals surface area contributed by atoms with Crippen LogP contribution >= 0.6 is 23.7 Å². The van der Waals surface area contributed by atoms with E-state index in [-0.39, 0.29) is 12.4 Å². The smallest absolute Gasteiger partial charge is 0.0300 e. The number of halogens is 1. The lowest BCUT2D eigenvalue weighted by atomic mass is 10.0. The molecule has 2 unspecified atom stereocenters. The molecule has 2 atom stereocenters. The van der Waals surface area contributed by atoms with Gasteiger partial charge in [-0.15, -0.1) is 23.7 Å². The van der Waals surface area contributed by atoms with E-state index in [1.165, 1.54) is 24.1 Å². The highest BCUT2D eigenvalue weighted by Crippen LogP contribution is 2.33. The number of hydrogen-bond acceptors (Lipinski definition) is 2. The lowest BCUT2D eigenvalue weighted by Crippen LogP contribution is -2.31. The molecule has 1 N–H and O–H groups in total. The topological polar surface area (TPSA) is 12.0 Å². The molecule has 14 heavy (non-hydrogen) atoms. The Hall–Kier alpha value is -0.310. The minimum Gasteiger partial charge on any atom is -0.307 e. The van der Waals surface area contributed by atoms with Crippen molar-refractivity contribution in [2.45, 2.75) is 31.3 Å². The van der Waals surface area contributed by atoms with E-state index >= 15 is 0 Å². The maximum atomic E-state index is 3.61. The van der Waals surface area contributed by atoms with Crippen molar-refractivity contribution in [1.29, 1.82) is 0 Å². The standard InChI is InChI=1S/C11H13NS.ClH/c1-2-11(13-5-1)8-6-9-3-4-10(7-8)12-9;/h1-2,5-6,9-10,12H,3-4,7H2;1H. The third-order valence-electron chi connectivity index (χ3n) is 2.98. The summed E-state index contributed by atoms with van der Waals surface area (Å²) in [4.78, 5) is 1.47. The van der Waals surface area contributed by atoms with Crippen LogP contribution in [-0.2, 0) is 0 Å². The second-order valence-electron chi connectivity index (χ2n) is 3.92. The van der Waals surface area contributed by atoms with Gasteiger partial charge in [-0.3, -0.25) is 0 Å². The molecule has 1 aromatic heterocycles. The average Bonchev–Trinajstić information content (AvgIpc) is 2.75. The molecular formula is C11H14ClNS. The molecule has 2 aliphatic heterocycles. The number of nitrogens with one attached hydrogen (secondary N) is 1. The van der Waals surface area contributed by atoms with E-state index in [1.807, 2.05) is 11.3 Å². The Kier molecular flexibility index (Phi) is 2.96. The highest BCUT2D eigenvalue weighted by Gasteiger charge is 2.28. The van der Waals surface area contributed by atoms with Crippen molar-refractivity contribution in [3.05, 3.63) is 28.5 Å². The number of rotatable bonds is 1. The molecule has 0 amide bonds. The van der Waals surface area contributed by atoms with Gasteiger partial charge in [0.2, 0.25) is 0 Å². The van der Waals surface area contributed by atoms with E-state index in [4.69, 9.17) is 0 Å². The van der Waals surface area contributed by atoms with Crippen LogP contribution < -0.4 is 5.32 Å². The Morgan fingerprint density at radius 2 is 2.29 bits per heavy atom. The van der Waals surface area contributed by atoms with Crippen molar-refractivity contribution in [1.82, 2.24) is 5.32 Å². The minimum atomic E-state index is 0. The van der Waals surface area contributed by atoms with Gasteiger partial charge in [-0.2, -0.15) is 0 Å². The summed E-state index contributed by atoms with van der Waals surface area (Å²) >= 11 is 1.87. The zero-order valence-electron chi connectivity index (χ0n) is 7.90. The summed E-state index contributed by atoms with van der Waals surface area (Å²) in [6, 6.07) is 5.80. The van der Waals surface area contributed by atoms with E-state index in [9.17, 15) is 0 Å². The van der Waals surface area contributed by atoms with Gasteiger partial charge in [0.15, 0.2) is 0 Å². The maximum absolute atomic E-state index is 3.61. The molecule has 0 spiro atoms. The molecule has 2 aliphatic rings. The Labute approximate surface area is 94.6 Å².